The largest absolute Gasteiger partial charge is 0.358 e. The van der Waals surface area contributed by atoms with Crippen LogP contribution in [0.3, 0.4) is 0 Å². The first kappa shape index (κ1) is 11.2. The first-order valence-electron chi connectivity index (χ1n) is 5.19. The predicted molar refractivity (Wildman–Crippen MR) is 62.6 cm³/mol. The number of carbonyl (C=O) groups is 1. The Hall–Kier alpha value is -1.26. The minimum Gasteiger partial charge on any atom is -0.358 e. The lowest BCUT2D eigenvalue weighted by atomic mass is 10.3. The predicted octanol–water partition coefficient (Wildman–Crippen LogP) is 2.60. The molecule has 1 unspecified atom stereocenters. The first-order chi connectivity index (χ1) is 7.74. The Morgan fingerprint density at radius 1 is 1.38 bits per heavy atom. The molecule has 0 spiro atoms. The topological polar surface area (TPSA) is 50.4 Å². The van der Waals surface area contributed by atoms with Gasteiger partial charge in [-0.25, -0.2) is 4.79 Å². The molecule has 0 saturated carbocycles. The van der Waals surface area contributed by atoms with Gasteiger partial charge in [-0.15, -0.1) is 0 Å². The SMILES string of the molecule is O=C(Nc1ccc(Cl)cc1)NC1CCCO1. The molecular formula is C11H13ClN2O2. The van der Waals surface area contributed by atoms with E-state index >= 15 is 0 Å². The standard InChI is InChI=1S/C11H13ClN2O2/c12-8-3-5-9(6-4-8)13-11(15)14-10-2-1-7-16-10/h3-6,10H,1-2,7H2,(H2,13,14,15). The van der Waals surface area contributed by atoms with Crippen molar-refractivity contribution in [1.82, 2.24) is 5.32 Å². The van der Waals surface area contributed by atoms with Crippen LogP contribution in [0.25, 0.3) is 0 Å². The number of nitrogens with one attached hydrogen (secondary N) is 2. The Bertz CT molecular complexity index is 361. The molecule has 1 atom stereocenters. The summed E-state index contributed by atoms with van der Waals surface area (Å²) >= 11 is 5.74. The Labute approximate surface area is 98.9 Å². The molecule has 2 N–H and O–H groups in total. The monoisotopic (exact) mass is 240 g/mol. The maximum absolute atomic E-state index is 11.5. The second kappa shape index (κ2) is 5.18. The summed E-state index contributed by atoms with van der Waals surface area (Å²) in [6.07, 6.45) is 1.70. The fraction of sp³-hybridized carbons (Fsp3) is 0.364. The van der Waals surface area contributed by atoms with Crippen molar-refractivity contribution in [3.63, 3.8) is 0 Å². The van der Waals surface area contributed by atoms with Crippen molar-refractivity contribution in [2.24, 2.45) is 0 Å². The number of anilines is 1. The molecule has 0 aliphatic carbocycles. The summed E-state index contributed by atoms with van der Waals surface area (Å²) in [7, 11) is 0. The van der Waals surface area contributed by atoms with E-state index < -0.39 is 0 Å². The molecule has 4 nitrogen and oxygen atoms in total. The zero-order valence-corrected chi connectivity index (χ0v) is 9.46. The van der Waals surface area contributed by atoms with E-state index in [9.17, 15) is 4.79 Å². The van der Waals surface area contributed by atoms with Gasteiger partial charge in [0.2, 0.25) is 0 Å². The smallest absolute Gasteiger partial charge is 0.321 e. The molecule has 0 radical (unpaired) electrons. The average Bonchev–Trinajstić information content (AvgIpc) is 2.74. The molecule has 1 aliphatic heterocycles. The van der Waals surface area contributed by atoms with E-state index in [0.29, 0.717) is 17.3 Å². The lowest BCUT2D eigenvalue weighted by Crippen LogP contribution is -2.37. The lowest BCUT2D eigenvalue weighted by Gasteiger charge is -2.12. The van der Waals surface area contributed by atoms with E-state index in [1.165, 1.54) is 0 Å². The number of ether oxygens (including phenoxy) is 1. The highest BCUT2D eigenvalue weighted by Crippen LogP contribution is 2.14. The third-order valence-corrected chi connectivity index (χ3v) is 2.58. The van der Waals surface area contributed by atoms with Gasteiger partial charge in [-0.2, -0.15) is 0 Å². The number of urea groups is 1. The van der Waals surface area contributed by atoms with E-state index in [2.05, 4.69) is 10.6 Å². The van der Waals surface area contributed by atoms with Crippen molar-refractivity contribution in [3.8, 4) is 0 Å². The summed E-state index contributed by atoms with van der Waals surface area (Å²) < 4.78 is 5.29. The Balaban J connectivity index is 1.84. The molecule has 16 heavy (non-hydrogen) atoms. The van der Waals surface area contributed by atoms with Crippen LogP contribution in [0, 0.1) is 0 Å². The third-order valence-electron chi connectivity index (χ3n) is 2.32. The van der Waals surface area contributed by atoms with Crippen molar-refractivity contribution in [3.05, 3.63) is 29.3 Å². The minimum absolute atomic E-state index is 0.160. The molecule has 1 aromatic carbocycles. The van der Waals surface area contributed by atoms with Crippen LogP contribution in [0.2, 0.25) is 5.02 Å². The van der Waals surface area contributed by atoms with Gasteiger partial charge in [-0.3, -0.25) is 0 Å². The summed E-state index contributed by atoms with van der Waals surface area (Å²) in [4.78, 5) is 11.5. The second-order valence-corrected chi connectivity index (χ2v) is 4.04. The lowest BCUT2D eigenvalue weighted by molar-refractivity contribution is 0.0928. The number of hydrogen-bond donors (Lipinski definition) is 2. The van der Waals surface area contributed by atoms with Crippen molar-refractivity contribution in [2.45, 2.75) is 19.1 Å². The molecule has 5 heteroatoms. The van der Waals surface area contributed by atoms with Crippen molar-refractivity contribution in [1.29, 1.82) is 0 Å². The molecule has 1 aliphatic rings. The zero-order valence-electron chi connectivity index (χ0n) is 8.70. The fourth-order valence-corrected chi connectivity index (χ4v) is 1.66. The molecule has 2 amide bonds. The zero-order chi connectivity index (χ0) is 11.4. The van der Waals surface area contributed by atoms with Crippen LogP contribution in [-0.2, 0) is 4.74 Å². The summed E-state index contributed by atoms with van der Waals surface area (Å²) in [6, 6.07) is 6.69. The van der Waals surface area contributed by atoms with E-state index in [0.717, 1.165) is 12.8 Å². The number of amides is 2. The molecule has 86 valence electrons. The first-order valence-corrected chi connectivity index (χ1v) is 5.56. The normalized spacial score (nSPS) is 19.4. The number of carbonyl (C=O) groups excluding carboxylic acids is 1. The molecule has 1 heterocycles. The summed E-state index contributed by atoms with van der Waals surface area (Å²) in [6.45, 7) is 0.714. The van der Waals surface area contributed by atoms with Crippen LogP contribution in [0.4, 0.5) is 10.5 Å². The molecule has 0 bridgehead atoms. The third kappa shape index (κ3) is 3.12. The van der Waals surface area contributed by atoms with Crippen LogP contribution in [0.15, 0.2) is 24.3 Å². The molecule has 1 aromatic rings. The number of halogens is 1. The number of hydrogen-bond acceptors (Lipinski definition) is 2. The summed E-state index contributed by atoms with van der Waals surface area (Å²) in [5.74, 6) is 0. The van der Waals surface area contributed by atoms with Crippen LogP contribution in [-0.4, -0.2) is 18.9 Å². The second-order valence-electron chi connectivity index (χ2n) is 3.61. The van der Waals surface area contributed by atoms with Gasteiger partial charge in [0.25, 0.3) is 0 Å². The maximum Gasteiger partial charge on any atom is 0.321 e. The maximum atomic E-state index is 11.5. The van der Waals surface area contributed by atoms with E-state index in [4.69, 9.17) is 16.3 Å². The molecule has 1 fully saturated rings. The van der Waals surface area contributed by atoms with E-state index in [1.807, 2.05) is 0 Å². The highest BCUT2D eigenvalue weighted by atomic mass is 35.5. The highest BCUT2D eigenvalue weighted by Gasteiger charge is 2.17. The van der Waals surface area contributed by atoms with E-state index in [1.54, 1.807) is 24.3 Å². The van der Waals surface area contributed by atoms with Crippen LogP contribution >= 0.6 is 11.6 Å². The van der Waals surface area contributed by atoms with Gasteiger partial charge in [-0.1, -0.05) is 11.6 Å². The van der Waals surface area contributed by atoms with Gasteiger partial charge in [0, 0.05) is 17.3 Å². The molecule has 2 rings (SSSR count). The Morgan fingerprint density at radius 2 is 2.12 bits per heavy atom. The summed E-state index contributed by atoms with van der Waals surface area (Å²) in [5, 5.41) is 6.09. The van der Waals surface area contributed by atoms with Crippen LogP contribution in [0.5, 0.6) is 0 Å². The Morgan fingerprint density at radius 3 is 2.75 bits per heavy atom. The van der Waals surface area contributed by atoms with Crippen LogP contribution < -0.4 is 10.6 Å². The van der Waals surface area contributed by atoms with Crippen molar-refractivity contribution >= 4 is 23.3 Å². The van der Waals surface area contributed by atoms with Gasteiger partial charge in [-0.05, 0) is 37.1 Å². The highest BCUT2D eigenvalue weighted by molar-refractivity contribution is 6.30. The van der Waals surface area contributed by atoms with Crippen molar-refractivity contribution < 1.29 is 9.53 Å². The molecular weight excluding hydrogens is 228 g/mol. The molecule has 1 saturated heterocycles. The molecule has 0 aromatic heterocycles. The Kier molecular flexibility index (Phi) is 3.64. The van der Waals surface area contributed by atoms with Gasteiger partial charge in [0.15, 0.2) is 0 Å². The number of rotatable bonds is 2. The number of benzene rings is 1. The van der Waals surface area contributed by atoms with Gasteiger partial charge in [0.05, 0.1) is 0 Å². The fourth-order valence-electron chi connectivity index (χ4n) is 1.54. The van der Waals surface area contributed by atoms with Gasteiger partial charge >= 0.3 is 6.03 Å². The summed E-state index contributed by atoms with van der Waals surface area (Å²) in [5.41, 5.74) is 0.708. The van der Waals surface area contributed by atoms with Crippen molar-refractivity contribution in [2.75, 3.05) is 11.9 Å². The quantitative estimate of drug-likeness (QED) is 0.835. The minimum atomic E-state index is -0.255. The van der Waals surface area contributed by atoms with E-state index in [-0.39, 0.29) is 12.3 Å². The van der Waals surface area contributed by atoms with Gasteiger partial charge in [0.1, 0.15) is 6.23 Å². The van der Waals surface area contributed by atoms with Crippen LogP contribution in [0.1, 0.15) is 12.8 Å². The van der Waals surface area contributed by atoms with Gasteiger partial charge < -0.3 is 15.4 Å². The average molecular weight is 241 g/mol.